The molecule has 6 nitrogen and oxygen atoms in total. The Labute approximate surface area is 195 Å². The summed E-state index contributed by atoms with van der Waals surface area (Å²) in [7, 11) is 0. The smallest absolute Gasteiger partial charge is 0.305 e. The second kappa shape index (κ2) is 7.49. The molecule has 6 heteroatoms. The van der Waals surface area contributed by atoms with E-state index < -0.39 is 5.79 Å². The molecule has 0 saturated heterocycles. The fraction of sp³-hybridized carbons (Fsp3) is 0.0714. The van der Waals surface area contributed by atoms with Crippen LogP contribution in [0.1, 0.15) is 22.3 Å². The van der Waals surface area contributed by atoms with E-state index in [9.17, 15) is 15.3 Å². The molecule has 0 saturated carbocycles. The van der Waals surface area contributed by atoms with Crippen LogP contribution in [0, 0.1) is 0 Å². The molecule has 0 bridgehead atoms. The number of aliphatic hydroxyl groups is 1. The van der Waals surface area contributed by atoms with Crippen molar-refractivity contribution in [3.05, 3.63) is 119 Å². The van der Waals surface area contributed by atoms with E-state index in [-0.39, 0.29) is 35.2 Å². The lowest BCUT2D eigenvalue weighted by molar-refractivity contribution is -0.0459. The minimum absolute atomic E-state index is 0.0373. The summed E-state index contributed by atoms with van der Waals surface area (Å²) in [5, 5.41) is 30.6. The highest BCUT2D eigenvalue weighted by Crippen LogP contribution is 2.49. The van der Waals surface area contributed by atoms with Crippen molar-refractivity contribution in [2.75, 3.05) is 0 Å². The largest absolute Gasteiger partial charge is 0.508 e. The van der Waals surface area contributed by atoms with Crippen molar-refractivity contribution in [3.63, 3.8) is 0 Å². The van der Waals surface area contributed by atoms with E-state index in [1.54, 1.807) is 18.2 Å². The van der Waals surface area contributed by atoms with Gasteiger partial charge in [0.05, 0.1) is 0 Å². The van der Waals surface area contributed by atoms with E-state index in [0.29, 0.717) is 22.6 Å². The summed E-state index contributed by atoms with van der Waals surface area (Å²) in [6.07, 6.45) is 0.0726. The minimum Gasteiger partial charge on any atom is -0.508 e. The molecule has 0 spiro atoms. The Morgan fingerprint density at radius 1 is 0.647 bits per heavy atom. The van der Waals surface area contributed by atoms with Crippen LogP contribution in [0.2, 0.25) is 0 Å². The van der Waals surface area contributed by atoms with Gasteiger partial charge >= 0.3 is 5.79 Å². The summed E-state index contributed by atoms with van der Waals surface area (Å²) in [6, 6.07) is 27.3. The molecule has 168 valence electrons. The van der Waals surface area contributed by atoms with E-state index in [0.717, 1.165) is 11.1 Å². The average Bonchev–Trinajstić information content (AvgIpc) is 3.25. The van der Waals surface area contributed by atoms with Crippen molar-refractivity contribution >= 4 is 5.76 Å². The monoisotopic (exact) mass is 452 g/mol. The lowest BCUT2D eigenvalue weighted by atomic mass is 9.97. The Balaban J connectivity index is 1.40. The van der Waals surface area contributed by atoms with E-state index in [2.05, 4.69) is 0 Å². The van der Waals surface area contributed by atoms with Gasteiger partial charge in [-0.15, -0.1) is 0 Å². The molecule has 6 rings (SSSR count). The predicted octanol–water partition coefficient (Wildman–Crippen LogP) is 5.63. The normalized spacial score (nSPS) is 15.5. The highest BCUT2D eigenvalue weighted by atomic mass is 16.7. The lowest BCUT2D eigenvalue weighted by Crippen LogP contribution is -2.36. The van der Waals surface area contributed by atoms with E-state index in [1.807, 2.05) is 60.7 Å². The quantitative estimate of drug-likeness (QED) is 0.373. The van der Waals surface area contributed by atoms with Crippen molar-refractivity contribution in [1.82, 2.24) is 0 Å². The molecule has 0 aliphatic carbocycles. The Morgan fingerprint density at radius 3 is 1.97 bits per heavy atom. The predicted molar refractivity (Wildman–Crippen MR) is 125 cm³/mol. The molecule has 3 N–H and O–H groups in total. The molecule has 4 aromatic rings. The van der Waals surface area contributed by atoms with Crippen LogP contribution in [-0.2, 0) is 12.2 Å². The van der Waals surface area contributed by atoms with E-state index in [1.165, 1.54) is 12.1 Å². The van der Waals surface area contributed by atoms with Crippen LogP contribution in [0.5, 0.6) is 28.7 Å². The zero-order valence-electron chi connectivity index (χ0n) is 17.9. The fourth-order valence-electron chi connectivity index (χ4n) is 4.39. The maximum Gasteiger partial charge on any atom is 0.305 e. The standard InChI is InChI=1S/C28H20O6/c29-20-14-22(30)21-16-23(31)27(32-25(21)15-20)17-11-12-24-26(13-17)34-28(33-24,18-7-3-1-4-8-18)19-9-5-2-6-10-19/h1-15,29-31H,16H2. The van der Waals surface area contributed by atoms with Gasteiger partial charge in [-0.2, -0.15) is 0 Å². The molecule has 0 radical (unpaired) electrons. The van der Waals surface area contributed by atoms with Gasteiger partial charge in [-0.1, -0.05) is 60.7 Å². The maximum absolute atomic E-state index is 10.7. The average molecular weight is 452 g/mol. The summed E-state index contributed by atoms with van der Waals surface area (Å²) in [5.41, 5.74) is 2.67. The molecule has 0 fully saturated rings. The van der Waals surface area contributed by atoms with Crippen LogP contribution >= 0.6 is 0 Å². The highest BCUT2D eigenvalue weighted by molar-refractivity contribution is 5.71. The Hall–Kier alpha value is -4.58. The second-order valence-electron chi connectivity index (χ2n) is 8.21. The number of hydrogen-bond donors (Lipinski definition) is 3. The number of fused-ring (bicyclic) bond motifs is 2. The number of hydrogen-bond acceptors (Lipinski definition) is 6. The highest BCUT2D eigenvalue weighted by Gasteiger charge is 2.45. The first-order valence-corrected chi connectivity index (χ1v) is 10.8. The van der Waals surface area contributed by atoms with Crippen molar-refractivity contribution in [1.29, 1.82) is 0 Å². The van der Waals surface area contributed by atoms with Gasteiger partial charge in [0.1, 0.15) is 23.0 Å². The third kappa shape index (κ3) is 3.11. The molecule has 2 aliphatic heterocycles. The summed E-state index contributed by atoms with van der Waals surface area (Å²) in [6.45, 7) is 0. The number of benzene rings is 4. The molecule has 2 heterocycles. The van der Waals surface area contributed by atoms with E-state index >= 15 is 0 Å². The van der Waals surface area contributed by atoms with Crippen LogP contribution in [0.4, 0.5) is 0 Å². The molecule has 0 aromatic heterocycles. The third-order valence-corrected chi connectivity index (χ3v) is 6.01. The Bertz CT molecular complexity index is 1390. The summed E-state index contributed by atoms with van der Waals surface area (Å²) < 4.78 is 18.8. The first kappa shape index (κ1) is 20.1. The molecule has 0 atom stereocenters. The second-order valence-corrected chi connectivity index (χ2v) is 8.21. The molecular formula is C28H20O6. The van der Waals surface area contributed by atoms with Crippen LogP contribution in [0.3, 0.4) is 0 Å². The van der Waals surface area contributed by atoms with Crippen molar-refractivity contribution in [2.45, 2.75) is 12.2 Å². The number of allylic oxidation sites excluding steroid dienone is 1. The van der Waals surface area contributed by atoms with Crippen LogP contribution in [0.15, 0.2) is 96.8 Å². The SMILES string of the molecule is OC1=C(c2ccc3c(c2)OC(c2ccccc2)(c2ccccc2)O3)Oc2cc(O)cc(O)c2C1. The zero-order valence-corrected chi connectivity index (χ0v) is 17.9. The molecule has 34 heavy (non-hydrogen) atoms. The van der Waals surface area contributed by atoms with Gasteiger partial charge < -0.3 is 29.5 Å². The molecule has 0 amide bonds. The van der Waals surface area contributed by atoms with Gasteiger partial charge in [0.2, 0.25) is 0 Å². The summed E-state index contributed by atoms with van der Waals surface area (Å²) in [4.78, 5) is 0. The number of rotatable bonds is 3. The number of phenols is 2. The van der Waals surface area contributed by atoms with E-state index in [4.69, 9.17) is 14.2 Å². The van der Waals surface area contributed by atoms with Gasteiger partial charge in [-0.25, -0.2) is 0 Å². The third-order valence-electron chi connectivity index (χ3n) is 6.01. The number of aliphatic hydroxyl groups excluding tert-OH is 1. The number of phenolic OH excluding ortho intramolecular Hbond substituents is 2. The molecular weight excluding hydrogens is 432 g/mol. The van der Waals surface area contributed by atoms with Gasteiger partial charge in [0.15, 0.2) is 17.3 Å². The van der Waals surface area contributed by atoms with Crippen molar-refractivity contribution in [3.8, 4) is 28.7 Å². The van der Waals surface area contributed by atoms with Gasteiger partial charge in [-0.3, -0.25) is 0 Å². The summed E-state index contributed by atoms with van der Waals surface area (Å²) >= 11 is 0. The minimum atomic E-state index is -1.16. The lowest BCUT2D eigenvalue weighted by Gasteiger charge is -2.28. The van der Waals surface area contributed by atoms with Gasteiger partial charge in [-0.05, 0) is 18.2 Å². The molecule has 0 unspecified atom stereocenters. The van der Waals surface area contributed by atoms with Crippen LogP contribution in [-0.4, -0.2) is 15.3 Å². The Morgan fingerprint density at radius 2 is 1.29 bits per heavy atom. The van der Waals surface area contributed by atoms with Gasteiger partial charge in [0.25, 0.3) is 0 Å². The van der Waals surface area contributed by atoms with Crippen LogP contribution < -0.4 is 14.2 Å². The zero-order chi connectivity index (χ0) is 23.3. The fourth-order valence-corrected chi connectivity index (χ4v) is 4.39. The number of aromatic hydroxyl groups is 2. The summed E-state index contributed by atoms with van der Waals surface area (Å²) in [5.74, 6) is 0.107. The van der Waals surface area contributed by atoms with Crippen LogP contribution in [0.25, 0.3) is 5.76 Å². The van der Waals surface area contributed by atoms with Gasteiger partial charge in [0, 0.05) is 40.8 Å². The van der Waals surface area contributed by atoms with Crippen molar-refractivity contribution in [2.24, 2.45) is 0 Å². The first-order valence-electron chi connectivity index (χ1n) is 10.8. The molecule has 2 aliphatic rings. The maximum atomic E-state index is 10.7. The topological polar surface area (TPSA) is 88.4 Å². The number of ether oxygens (including phenoxy) is 3. The Kier molecular flexibility index (Phi) is 4.42. The van der Waals surface area contributed by atoms with Crippen molar-refractivity contribution < 1.29 is 29.5 Å². The first-order chi connectivity index (χ1) is 16.5. The molecule has 4 aromatic carbocycles.